The zero-order chi connectivity index (χ0) is 14.8. The monoisotopic (exact) mass is 300 g/mol. The largest absolute Gasteiger partial charge is 0.326 e. The molecule has 3 aromatic rings. The first-order valence-corrected chi connectivity index (χ1v) is 7.42. The Bertz CT molecular complexity index is 762. The summed E-state index contributed by atoms with van der Waals surface area (Å²) in [4.78, 5) is 9.19. The molecule has 2 heterocycles. The Morgan fingerprint density at radius 3 is 2.76 bits per heavy atom. The lowest BCUT2D eigenvalue weighted by atomic mass is 10.2. The Morgan fingerprint density at radius 2 is 2.10 bits per heavy atom. The minimum absolute atomic E-state index is 0.494. The van der Waals surface area contributed by atoms with Crippen molar-refractivity contribution in [2.75, 3.05) is 0 Å². The number of pyridine rings is 1. The lowest BCUT2D eigenvalue weighted by Crippen LogP contribution is -2.02. The van der Waals surface area contributed by atoms with E-state index in [0.29, 0.717) is 11.6 Å². The molecule has 0 amide bonds. The van der Waals surface area contributed by atoms with Gasteiger partial charge in [0.2, 0.25) is 0 Å². The van der Waals surface area contributed by atoms with Crippen molar-refractivity contribution in [2.45, 2.75) is 26.4 Å². The summed E-state index contributed by atoms with van der Waals surface area (Å²) in [6.07, 6.45) is 2.83. The molecule has 2 N–H and O–H groups in total. The summed E-state index contributed by atoms with van der Waals surface area (Å²) in [5.41, 5.74) is 9.47. The van der Waals surface area contributed by atoms with Gasteiger partial charge in [0.25, 0.3) is 0 Å². The maximum Gasteiger partial charge on any atom is 0.159 e. The van der Waals surface area contributed by atoms with Gasteiger partial charge in [-0.2, -0.15) is 0 Å². The molecule has 5 heteroatoms. The second kappa shape index (κ2) is 5.84. The number of aromatic nitrogens is 3. The third-order valence-corrected chi connectivity index (χ3v) is 3.68. The van der Waals surface area contributed by atoms with Gasteiger partial charge in [-0.15, -0.1) is 0 Å². The maximum atomic E-state index is 6.06. The minimum atomic E-state index is 0.494. The maximum absolute atomic E-state index is 6.06. The molecule has 0 unspecified atom stereocenters. The number of hydrogen-bond acceptors (Lipinski definition) is 3. The molecule has 0 radical (unpaired) electrons. The summed E-state index contributed by atoms with van der Waals surface area (Å²) in [7, 11) is 0. The van der Waals surface area contributed by atoms with Crippen LogP contribution in [0.5, 0.6) is 0 Å². The van der Waals surface area contributed by atoms with Gasteiger partial charge in [-0.3, -0.25) is 4.98 Å². The fourth-order valence-corrected chi connectivity index (χ4v) is 2.59. The number of halogens is 1. The highest BCUT2D eigenvalue weighted by Crippen LogP contribution is 2.26. The topological polar surface area (TPSA) is 56.7 Å². The highest BCUT2D eigenvalue weighted by Gasteiger charge is 2.13. The molecule has 0 aliphatic carbocycles. The van der Waals surface area contributed by atoms with Crippen LogP contribution in [-0.2, 0) is 13.1 Å². The van der Waals surface area contributed by atoms with Gasteiger partial charge in [0.15, 0.2) is 5.82 Å². The van der Waals surface area contributed by atoms with Gasteiger partial charge in [-0.1, -0.05) is 24.6 Å². The number of rotatable bonds is 4. The van der Waals surface area contributed by atoms with Gasteiger partial charge in [-0.25, -0.2) is 4.98 Å². The molecular weight excluding hydrogens is 284 g/mol. The molecule has 0 bridgehead atoms. The molecule has 1 aromatic carbocycles. The third kappa shape index (κ3) is 2.64. The van der Waals surface area contributed by atoms with E-state index in [-0.39, 0.29) is 0 Å². The smallest absolute Gasteiger partial charge is 0.159 e. The van der Waals surface area contributed by atoms with E-state index in [9.17, 15) is 0 Å². The minimum Gasteiger partial charge on any atom is -0.326 e. The lowest BCUT2D eigenvalue weighted by Gasteiger charge is -2.07. The number of benzene rings is 1. The molecular formula is C16H17ClN4. The van der Waals surface area contributed by atoms with Gasteiger partial charge in [0.1, 0.15) is 5.69 Å². The third-order valence-electron chi connectivity index (χ3n) is 3.45. The Morgan fingerprint density at radius 1 is 1.24 bits per heavy atom. The molecule has 0 saturated carbocycles. The van der Waals surface area contributed by atoms with Gasteiger partial charge < -0.3 is 10.3 Å². The van der Waals surface area contributed by atoms with Crippen molar-refractivity contribution in [2.24, 2.45) is 5.73 Å². The van der Waals surface area contributed by atoms with Crippen LogP contribution in [0.25, 0.3) is 22.6 Å². The summed E-state index contributed by atoms with van der Waals surface area (Å²) < 4.78 is 2.19. The van der Waals surface area contributed by atoms with Crippen molar-refractivity contribution in [3.05, 3.63) is 47.1 Å². The van der Waals surface area contributed by atoms with E-state index in [0.717, 1.165) is 41.1 Å². The predicted molar refractivity (Wildman–Crippen MR) is 86.2 cm³/mol. The van der Waals surface area contributed by atoms with Crippen molar-refractivity contribution >= 4 is 22.6 Å². The van der Waals surface area contributed by atoms with Gasteiger partial charge in [0, 0.05) is 24.3 Å². The average Bonchev–Trinajstić information content (AvgIpc) is 2.85. The van der Waals surface area contributed by atoms with Crippen molar-refractivity contribution < 1.29 is 0 Å². The molecule has 0 fully saturated rings. The van der Waals surface area contributed by atoms with Crippen LogP contribution in [0.1, 0.15) is 18.9 Å². The standard InChI is InChI=1S/C16H17ClN4/c1-2-7-21-15-6-4-12(17)8-14(15)20-16(21)13-5-3-11(9-18)10-19-13/h3-6,8,10H,2,7,9,18H2,1H3. The van der Waals surface area contributed by atoms with E-state index in [4.69, 9.17) is 22.3 Å². The Balaban J connectivity index is 2.17. The predicted octanol–water partition coefficient (Wildman–Crippen LogP) is 3.62. The van der Waals surface area contributed by atoms with Crippen LogP contribution in [0.15, 0.2) is 36.5 Å². The molecule has 21 heavy (non-hydrogen) atoms. The highest BCUT2D eigenvalue weighted by atomic mass is 35.5. The van der Waals surface area contributed by atoms with E-state index in [1.165, 1.54) is 0 Å². The van der Waals surface area contributed by atoms with E-state index >= 15 is 0 Å². The summed E-state index contributed by atoms with van der Waals surface area (Å²) in [5.74, 6) is 0.873. The SMILES string of the molecule is CCCn1c(-c2ccc(CN)cn2)nc2cc(Cl)ccc21. The Hall–Kier alpha value is -1.91. The van der Waals surface area contributed by atoms with E-state index in [2.05, 4.69) is 16.5 Å². The summed E-state index contributed by atoms with van der Waals surface area (Å²) in [6.45, 7) is 3.54. The van der Waals surface area contributed by atoms with Crippen LogP contribution < -0.4 is 5.73 Å². The van der Waals surface area contributed by atoms with Crippen LogP contribution in [-0.4, -0.2) is 14.5 Å². The van der Waals surface area contributed by atoms with Crippen LogP contribution >= 0.6 is 11.6 Å². The molecule has 0 saturated heterocycles. The van der Waals surface area contributed by atoms with Crippen LogP contribution in [0.2, 0.25) is 5.02 Å². The number of fused-ring (bicyclic) bond motifs is 1. The van der Waals surface area contributed by atoms with Crippen molar-refractivity contribution in [3.63, 3.8) is 0 Å². The zero-order valence-electron chi connectivity index (χ0n) is 11.9. The average molecular weight is 301 g/mol. The Kier molecular flexibility index (Phi) is 3.90. The Labute approximate surface area is 128 Å². The van der Waals surface area contributed by atoms with Crippen LogP contribution in [0.3, 0.4) is 0 Å². The highest BCUT2D eigenvalue weighted by molar-refractivity contribution is 6.31. The first-order valence-electron chi connectivity index (χ1n) is 7.04. The number of imidazole rings is 1. The van der Waals surface area contributed by atoms with Gasteiger partial charge in [-0.05, 0) is 36.2 Å². The van der Waals surface area contributed by atoms with Crippen molar-refractivity contribution in [1.29, 1.82) is 0 Å². The molecule has 108 valence electrons. The number of nitrogens with two attached hydrogens (primary N) is 1. The normalized spacial score (nSPS) is 11.2. The number of hydrogen-bond donors (Lipinski definition) is 1. The molecule has 3 rings (SSSR count). The second-order valence-electron chi connectivity index (χ2n) is 4.98. The van der Waals surface area contributed by atoms with Crippen molar-refractivity contribution in [3.8, 4) is 11.5 Å². The first-order chi connectivity index (χ1) is 10.2. The fraction of sp³-hybridized carbons (Fsp3) is 0.250. The summed E-state index contributed by atoms with van der Waals surface area (Å²) >= 11 is 6.06. The zero-order valence-corrected chi connectivity index (χ0v) is 12.6. The van der Waals surface area contributed by atoms with Crippen LogP contribution in [0.4, 0.5) is 0 Å². The second-order valence-corrected chi connectivity index (χ2v) is 5.41. The van der Waals surface area contributed by atoms with Gasteiger partial charge >= 0.3 is 0 Å². The quantitative estimate of drug-likeness (QED) is 0.800. The van der Waals surface area contributed by atoms with E-state index in [1.807, 2.05) is 30.3 Å². The molecule has 0 aliphatic rings. The molecule has 0 aliphatic heterocycles. The molecule has 0 spiro atoms. The summed E-state index contributed by atoms with van der Waals surface area (Å²) in [5, 5.41) is 0.696. The lowest BCUT2D eigenvalue weighted by molar-refractivity contribution is 0.702. The summed E-state index contributed by atoms with van der Waals surface area (Å²) in [6, 6.07) is 9.76. The van der Waals surface area contributed by atoms with Crippen molar-refractivity contribution in [1.82, 2.24) is 14.5 Å². The first kappa shape index (κ1) is 14.0. The number of aryl methyl sites for hydroxylation is 1. The molecule has 0 atom stereocenters. The van der Waals surface area contributed by atoms with E-state index in [1.54, 1.807) is 6.20 Å². The number of nitrogens with zero attached hydrogens (tertiary/aromatic N) is 3. The van der Waals surface area contributed by atoms with Crippen LogP contribution in [0, 0.1) is 0 Å². The van der Waals surface area contributed by atoms with E-state index < -0.39 is 0 Å². The fourth-order valence-electron chi connectivity index (χ4n) is 2.43. The van der Waals surface area contributed by atoms with Gasteiger partial charge in [0.05, 0.1) is 11.0 Å². The molecule has 2 aromatic heterocycles. The molecule has 4 nitrogen and oxygen atoms in total.